The van der Waals surface area contributed by atoms with Crippen molar-refractivity contribution in [3.63, 3.8) is 0 Å². The van der Waals surface area contributed by atoms with Crippen LogP contribution in [0.4, 0.5) is 0 Å². The number of carbonyl (C=O) groups is 1. The smallest absolute Gasteiger partial charge is 0.306 e. The Morgan fingerprint density at radius 2 is 2.04 bits per heavy atom. The quantitative estimate of drug-likeness (QED) is 0.685. The number of rotatable bonds is 8. The van der Waals surface area contributed by atoms with Crippen molar-refractivity contribution in [2.75, 3.05) is 6.61 Å². The fourth-order valence-electron chi connectivity index (χ4n) is 2.91. The van der Waals surface area contributed by atoms with Crippen LogP contribution in [0, 0.1) is 5.92 Å². The van der Waals surface area contributed by atoms with E-state index < -0.39 is 0 Å². The summed E-state index contributed by atoms with van der Waals surface area (Å²) in [7, 11) is 0. The van der Waals surface area contributed by atoms with Gasteiger partial charge in [-0.1, -0.05) is 30.3 Å². The van der Waals surface area contributed by atoms with Gasteiger partial charge in [0, 0.05) is 6.20 Å². The van der Waals surface area contributed by atoms with Gasteiger partial charge in [-0.3, -0.25) is 9.78 Å². The first kappa shape index (κ1) is 16.5. The van der Waals surface area contributed by atoms with E-state index >= 15 is 0 Å². The molecule has 24 heavy (non-hydrogen) atoms. The second-order valence-electron chi connectivity index (χ2n) is 6.18. The second kappa shape index (κ2) is 7.95. The zero-order valence-corrected chi connectivity index (χ0v) is 14.0. The SMILES string of the molecule is CCOC(=O)CC(c1cncc(OCc2ccccc2)c1)C1CC1. The summed E-state index contributed by atoms with van der Waals surface area (Å²) >= 11 is 0. The molecule has 1 aliphatic rings. The summed E-state index contributed by atoms with van der Waals surface area (Å²) in [6.07, 6.45) is 6.32. The molecule has 1 aromatic heterocycles. The number of aromatic nitrogens is 1. The van der Waals surface area contributed by atoms with Gasteiger partial charge in [-0.2, -0.15) is 0 Å². The lowest BCUT2D eigenvalue weighted by Crippen LogP contribution is -2.12. The molecule has 0 spiro atoms. The molecule has 0 saturated heterocycles. The van der Waals surface area contributed by atoms with Crippen molar-refractivity contribution < 1.29 is 14.3 Å². The number of nitrogens with zero attached hydrogens (tertiary/aromatic N) is 1. The van der Waals surface area contributed by atoms with E-state index in [4.69, 9.17) is 9.47 Å². The number of carbonyl (C=O) groups excluding carboxylic acids is 1. The molecule has 4 nitrogen and oxygen atoms in total. The highest BCUT2D eigenvalue weighted by Gasteiger charge is 2.34. The molecule has 1 aromatic carbocycles. The van der Waals surface area contributed by atoms with Crippen LogP contribution in [0.2, 0.25) is 0 Å². The van der Waals surface area contributed by atoms with Crippen molar-refractivity contribution in [3.8, 4) is 5.75 Å². The van der Waals surface area contributed by atoms with Gasteiger partial charge < -0.3 is 9.47 Å². The van der Waals surface area contributed by atoms with E-state index in [1.807, 2.05) is 49.5 Å². The minimum atomic E-state index is -0.134. The summed E-state index contributed by atoms with van der Waals surface area (Å²) in [6.45, 7) is 2.77. The Balaban J connectivity index is 1.67. The van der Waals surface area contributed by atoms with Crippen LogP contribution in [0.3, 0.4) is 0 Å². The van der Waals surface area contributed by atoms with Crippen molar-refractivity contribution in [1.82, 2.24) is 4.98 Å². The molecule has 1 heterocycles. The van der Waals surface area contributed by atoms with Crippen LogP contribution in [-0.2, 0) is 16.1 Å². The minimum absolute atomic E-state index is 0.134. The van der Waals surface area contributed by atoms with E-state index in [1.165, 1.54) is 12.8 Å². The molecule has 2 aromatic rings. The zero-order valence-electron chi connectivity index (χ0n) is 14.0. The molecule has 1 aliphatic carbocycles. The molecule has 0 bridgehead atoms. The van der Waals surface area contributed by atoms with Gasteiger partial charge in [0.25, 0.3) is 0 Å². The van der Waals surface area contributed by atoms with Crippen LogP contribution < -0.4 is 4.74 Å². The molecule has 4 heteroatoms. The molecule has 3 rings (SSSR count). The van der Waals surface area contributed by atoms with E-state index in [0.29, 0.717) is 25.6 Å². The molecule has 0 radical (unpaired) electrons. The highest BCUT2D eigenvalue weighted by molar-refractivity contribution is 5.70. The average Bonchev–Trinajstić information content (AvgIpc) is 3.44. The van der Waals surface area contributed by atoms with Crippen molar-refractivity contribution in [3.05, 3.63) is 59.9 Å². The Kier molecular flexibility index (Phi) is 5.47. The van der Waals surface area contributed by atoms with Crippen LogP contribution in [0.1, 0.15) is 43.2 Å². The van der Waals surface area contributed by atoms with Crippen molar-refractivity contribution in [1.29, 1.82) is 0 Å². The second-order valence-corrected chi connectivity index (χ2v) is 6.18. The molecule has 0 N–H and O–H groups in total. The lowest BCUT2D eigenvalue weighted by atomic mass is 9.92. The monoisotopic (exact) mass is 325 g/mol. The summed E-state index contributed by atoms with van der Waals surface area (Å²) in [6, 6.07) is 12.1. The number of hydrogen-bond donors (Lipinski definition) is 0. The Bertz CT molecular complexity index is 668. The number of esters is 1. The molecule has 0 aliphatic heterocycles. The van der Waals surface area contributed by atoms with Gasteiger partial charge >= 0.3 is 5.97 Å². The largest absolute Gasteiger partial charge is 0.487 e. The molecule has 1 atom stereocenters. The highest BCUT2D eigenvalue weighted by atomic mass is 16.5. The van der Waals surface area contributed by atoms with Crippen molar-refractivity contribution in [2.45, 2.75) is 38.7 Å². The van der Waals surface area contributed by atoms with Gasteiger partial charge in [0.05, 0.1) is 19.2 Å². The third-order valence-corrected chi connectivity index (χ3v) is 4.29. The van der Waals surface area contributed by atoms with Crippen LogP contribution in [-0.4, -0.2) is 17.6 Å². The average molecular weight is 325 g/mol. The summed E-state index contributed by atoms with van der Waals surface area (Å²) in [4.78, 5) is 16.2. The Hall–Kier alpha value is -2.36. The van der Waals surface area contributed by atoms with E-state index in [0.717, 1.165) is 16.9 Å². The first-order chi connectivity index (χ1) is 11.8. The van der Waals surface area contributed by atoms with Crippen LogP contribution in [0.25, 0.3) is 0 Å². The van der Waals surface area contributed by atoms with Gasteiger partial charge in [0.2, 0.25) is 0 Å². The van der Waals surface area contributed by atoms with Crippen LogP contribution in [0.15, 0.2) is 48.8 Å². The van der Waals surface area contributed by atoms with Gasteiger partial charge in [-0.15, -0.1) is 0 Å². The number of hydrogen-bond acceptors (Lipinski definition) is 4. The lowest BCUT2D eigenvalue weighted by Gasteiger charge is -2.16. The molecular formula is C20H23NO3. The third-order valence-electron chi connectivity index (χ3n) is 4.29. The van der Waals surface area contributed by atoms with Gasteiger partial charge in [-0.05, 0) is 48.8 Å². The first-order valence-electron chi connectivity index (χ1n) is 8.53. The molecule has 1 unspecified atom stereocenters. The van der Waals surface area contributed by atoms with Crippen molar-refractivity contribution >= 4 is 5.97 Å². The fraction of sp³-hybridized carbons (Fsp3) is 0.400. The van der Waals surface area contributed by atoms with E-state index in [2.05, 4.69) is 4.98 Å². The van der Waals surface area contributed by atoms with Crippen LogP contribution in [0.5, 0.6) is 5.75 Å². The maximum absolute atomic E-state index is 11.9. The standard InChI is InChI=1S/C20H23NO3/c1-2-23-20(22)11-19(16-8-9-16)17-10-18(13-21-12-17)24-14-15-6-4-3-5-7-15/h3-7,10,12-13,16,19H,2,8-9,11,14H2,1H3. The fourth-order valence-corrected chi connectivity index (χ4v) is 2.91. The molecule has 126 valence electrons. The van der Waals surface area contributed by atoms with E-state index in [9.17, 15) is 4.79 Å². The minimum Gasteiger partial charge on any atom is -0.487 e. The third kappa shape index (κ3) is 4.57. The Morgan fingerprint density at radius 3 is 2.75 bits per heavy atom. The topological polar surface area (TPSA) is 48.4 Å². The molecule has 1 fully saturated rings. The highest BCUT2D eigenvalue weighted by Crippen LogP contribution is 2.45. The molecule has 0 amide bonds. The van der Waals surface area contributed by atoms with Gasteiger partial charge in [0.15, 0.2) is 0 Å². The van der Waals surface area contributed by atoms with E-state index in [1.54, 1.807) is 6.20 Å². The number of benzene rings is 1. The number of ether oxygens (including phenoxy) is 2. The van der Waals surface area contributed by atoms with Gasteiger partial charge in [0.1, 0.15) is 12.4 Å². The summed E-state index contributed by atoms with van der Waals surface area (Å²) in [5.74, 6) is 1.34. The lowest BCUT2D eigenvalue weighted by molar-refractivity contribution is -0.143. The maximum Gasteiger partial charge on any atom is 0.306 e. The summed E-state index contributed by atoms with van der Waals surface area (Å²) < 4.78 is 11.0. The van der Waals surface area contributed by atoms with Crippen molar-refractivity contribution in [2.24, 2.45) is 5.92 Å². The normalized spacial score (nSPS) is 14.9. The summed E-state index contributed by atoms with van der Waals surface area (Å²) in [5, 5.41) is 0. The predicted molar refractivity (Wildman–Crippen MR) is 91.7 cm³/mol. The number of pyridine rings is 1. The first-order valence-corrected chi connectivity index (χ1v) is 8.53. The molecular weight excluding hydrogens is 302 g/mol. The zero-order chi connectivity index (χ0) is 16.8. The van der Waals surface area contributed by atoms with Crippen LogP contribution >= 0.6 is 0 Å². The predicted octanol–water partition coefficient (Wildman–Crippen LogP) is 4.11. The summed E-state index contributed by atoms with van der Waals surface area (Å²) in [5.41, 5.74) is 2.18. The molecule has 1 saturated carbocycles. The Labute approximate surface area is 142 Å². The van der Waals surface area contributed by atoms with E-state index in [-0.39, 0.29) is 11.9 Å². The van der Waals surface area contributed by atoms with Gasteiger partial charge in [-0.25, -0.2) is 0 Å². The Morgan fingerprint density at radius 1 is 1.25 bits per heavy atom. The maximum atomic E-state index is 11.9.